The van der Waals surface area contributed by atoms with Crippen LogP contribution in [0.5, 0.6) is 0 Å². The van der Waals surface area contributed by atoms with E-state index in [1.54, 1.807) is 44.3 Å². The van der Waals surface area contributed by atoms with E-state index in [4.69, 9.17) is 9.47 Å². The Kier molecular flexibility index (Phi) is 5.69. The van der Waals surface area contributed by atoms with E-state index >= 15 is 0 Å². The number of carbonyl (C=O) groups is 2. The van der Waals surface area contributed by atoms with Crippen molar-refractivity contribution in [1.82, 2.24) is 15.0 Å². The first-order valence-corrected chi connectivity index (χ1v) is 8.70. The fraction of sp³-hybridized carbons (Fsp3) is 0.200. The van der Waals surface area contributed by atoms with Crippen molar-refractivity contribution >= 4 is 28.6 Å². The average molecular weight is 380 g/mol. The fourth-order valence-corrected chi connectivity index (χ4v) is 2.83. The highest BCUT2D eigenvalue weighted by molar-refractivity contribution is 6.08. The van der Waals surface area contributed by atoms with Gasteiger partial charge in [-0.05, 0) is 32.1 Å². The number of aromatic amines is 1. The number of H-pyrrole nitrogens is 1. The predicted octanol–water partition coefficient (Wildman–Crippen LogP) is 3.29. The summed E-state index contributed by atoms with van der Waals surface area (Å²) in [6.45, 7) is 3.73. The minimum atomic E-state index is -0.452. The highest BCUT2D eigenvalue weighted by atomic mass is 16.5. The summed E-state index contributed by atoms with van der Waals surface area (Å²) in [5.41, 5.74) is 2.73. The second kappa shape index (κ2) is 8.34. The predicted molar refractivity (Wildman–Crippen MR) is 105 cm³/mol. The van der Waals surface area contributed by atoms with Crippen LogP contribution >= 0.6 is 0 Å². The van der Waals surface area contributed by atoms with E-state index in [-0.39, 0.29) is 18.3 Å². The van der Waals surface area contributed by atoms with Crippen molar-refractivity contribution in [3.63, 3.8) is 0 Å². The van der Waals surface area contributed by atoms with Crippen LogP contribution in [0, 0.1) is 0 Å². The smallest absolute Gasteiger partial charge is 0.340 e. The summed E-state index contributed by atoms with van der Waals surface area (Å²) in [5, 5.41) is 3.34. The third-order valence-corrected chi connectivity index (χ3v) is 4.06. The number of carbonyl (C=O) groups excluding carboxylic acids is 2. The van der Waals surface area contributed by atoms with Crippen LogP contribution in [0.25, 0.3) is 22.3 Å². The molecule has 0 aliphatic rings. The number of nitrogens with one attached hydrogen (secondary N) is 2. The number of amides is 1. The van der Waals surface area contributed by atoms with Gasteiger partial charge in [-0.15, -0.1) is 0 Å². The SMILES string of the molecule is C/C=C(\OC)C(=O)Nc1cccc(-c2ncnc3[nH]cc(C(=O)OCC)c23)c1. The van der Waals surface area contributed by atoms with Gasteiger partial charge in [0.2, 0.25) is 0 Å². The number of anilines is 1. The summed E-state index contributed by atoms with van der Waals surface area (Å²) >= 11 is 0. The molecule has 0 bridgehead atoms. The van der Waals surface area contributed by atoms with Gasteiger partial charge in [0.15, 0.2) is 5.76 Å². The third-order valence-electron chi connectivity index (χ3n) is 4.06. The zero-order chi connectivity index (χ0) is 20.1. The highest BCUT2D eigenvalue weighted by Gasteiger charge is 2.19. The van der Waals surface area contributed by atoms with Crippen molar-refractivity contribution in [3.8, 4) is 11.3 Å². The second-order valence-corrected chi connectivity index (χ2v) is 5.76. The molecule has 2 N–H and O–H groups in total. The quantitative estimate of drug-likeness (QED) is 0.386. The minimum absolute atomic E-state index is 0.213. The van der Waals surface area contributed by atoms with Crippen molar-refractivity contribution in [2.45, 2.75) is 13.8 Å². The van der Waals surface area contributed by atoms with Gasteiger partial charge in [-0.1, -0.05) is 12.1 Å². The lowest BCUT2D eigenvalue weighted by molar-refractivity contribution is -0.115. The van der Waals surface area contributed by atoms with E-state index in [2.05, 4.69) is 20.3 Å². The largest absolute Gasteiger partial charge is 0.491 e. The van der Waals surface area contributed by atoms with Crippen molar-refractivity contribution in [1.29, 1.82) is 0 Å². The van der Waals surface area contributed by atoms with Gasteiger partial charge >= 0.3 is 5.97 Å². The molecule has 0 radical (unpaired) electrons. The molecule has 28 heavy (non-hydrogen) atoms. The Morgan fingerprint density at radius 2 is 2.11 bits per heavy atom. The highest BCUT2D eigenvalue weighted by Crippen LogP contribution is 2.30. The van der Waals surface area contributed by atoms with Crippen molar-refractivity contribution in [2.24, 2.45) is 0 Å². The molecule has 3 aromatic rings. The molecule has 0 saturated carbocycles. The first-order chi connectivity index (χ1) is 13.6. The fourth-order valence-electron chi connectivity index (χ4n) is 2.83. The molecule has 0 spiro atoms. The van der Waals surface area contributed by atoms with Crippen LogP contribution in [-0.2, 0) is 14.3 Å². The number of methoxy groups -OCH3 is 1. The summed E-state index contributed by atoms with van der Waals surface area (Å²) in [6.07, 6.45) is 4.55. The third kappa shape index (κ3) is 3.71. The molecule has 3 rings (SSSR count). The number of hydrogen-bond donors (Lipinski definition) is 2. The Morgan fingerprint density at radius 3 is 2.82 bits per heavy atom. The average Bonchev–Trinajstić information content (AvgIpc) is 3.13. The lowest BCUT2D eigenvalue weighted by atomic mass is 10.1. The van der Waals surface area contributed by atoms with E-state index in [1.165, 1.54) is 13.4 Å². The molecule has 0 aliphatic carbocycles. The van der Waals surface area contributed by atoms with Crippen LogP contribution in [0.1, 0.15) is 24.2 Å². The van der Waals surface area contributed by atoms with Gasteiger partial charge in [0.1, 0.15) is 12.0 Å². The summed E-state index contributed by atoms with van der Waals surface area (Å²) in [5.74, 6) is -0.596. The molecule has 2 aromatic heterocycles. The number of esters is 1. The van der Waals surface area contributed by atoms with Crippen LogP contribution in [0.3, 0.4) is 0 Å². The topological polar surface area (TPSA) is 106 Å². The maximum atomic E-state index is 12.3. The number of nitrogens with zero attached hydrogens (tertiary/aromatic N) is 2. The molecule has 2 heterocycles. The van der Waals surface area contributed by atoms with E-state index in [0.717, 1.165) is 5.56 Å². The normalized spacial score (nSPS) is 11.3. The lowest BCUT2D eigenvalue weighted by Crippen LogP contribution is -2.15. The molecule has 1 amide bonds. The van der Waals surface area contributed by atoms with E-state index in [0.29, 0.717) is 28.0 Å². The van der Waals surface area contributed by atoms with Gasteiger partial charge < -0.3 is 19.8 Å². The molecule has 0 saturated heterocycles. The summed E-state index contributed by atoms with van der Waals surface area (Å²) < 4.78 is 10.2. The van der Waals surface area contributed by atoms with Crippen molar-refractivity contribution in [2.75, 3.05) is 19.0 Å². The number of aromatic nitrogens is 3. The number of ether oxygens (including phenoxy) is 2. The zero-order valence-electron chi connectivity index (χ0n) is 15.8. The molecule has 0 atom stereocenters. The Balaban J connectivity index is 2.03. The van der Waals surface area contributed by atoms with E-state index in [1.807, 2.05) is 6.07 Å². The van der Waals surface area contributed by atoms with Gasteiger partial charge in [-0.2, -0.15) is 0 Å². The Bertz CT molecular complexity index is 1060. The number of fused-ring (bicyclic) bond motifs is 1. The minimum Gasteiger partial charge on any atom is -0.491 e. The summed E-state index contributed by atoms with van der Waals surface area (Å²) in [7, 11) is 1.44. The Morgan fingerprint density at radius 1 is 1.29 bits per heavy atom. The maximum absolute atomic E-state index is 12.3. The van der Waals surface area contributed by atoms with Gasteiger partial charge in [0, 0.05) is 17.4 Å². The van der Waals surface area contributed by atoms with Gasteiger partial charge in [-0.25, -0.2) is 14.8 Å². The number of hydrogen-bond acceptors (Lipinski definition) is 6. The van der Waals surface area contributed by atoms with Gasteiger partial charge in [0.25, 0.3) is 5.91 Å². The molecule has 144 valence electrons. The molecular weight excluding hydrogens is 360 g/mol. The summed E-state index contributed by atoms with van der Waals surface area (Å²) in [6, 6.07) is 7.15. The molecule has 0 fully saturated rings. The number of rotatable bonds is 6. The van der Waals surface area contributed by atoms with Crippen LogP contribution < -0.4 is 5.32 Å². The van der Waals surface area contributed by atoms with Crippen molar-refractivity contribution < 1.29 is 19.1 Å². The van der Waals surface area contributed by atoms with Crippen LogP contribution in [0.2, 0.25) is 0 Å². The molecular formula is C20H20N4O4. The standard InChI is InChI=1S/C20H20N4O4/c1-4-15(27-3)19(25)24-13-8-6-7-12(9-13)17-16-14(20(26)28-5-2)10-21-18(16)23-11-22-17/h4,6-11H,5H2,1-3H3,(H,24,25)(H,21,22,23)/b15-4-. The van der Waals surface area contributed by atoms with Gasteiger partial charge in [0.05, 0.1) is 30.4 Å². The Hall–Kier alpha value is -3.68. The van der Waals surface area contributed by atoms with Gasteiger partial charge in [-0.3, -0.25) is 4.79 Å². The maximum Gasteiger partial charge on any atom is 0.340 e. The molecule has 0 aliphatic heterocycles. The van der Waals surface area contributed by atoms with E-state index in [9.17, 15) is 9.59 Å². The second-order valence-electron chi connectivity index (χ2n) is 5.76. The molecule has 8 nitrogen and oxygen atoms in total. The van der Waals surface area contributed by atoms with Crippen LogP contribution in [0.4, 0.5) is 5.69 Å². The monoisotopic (exact) mass is 380 g/mol. The van der Waals surface area contributed by atoms with Crippen LogP contribution in [0.15, 0.2) is 48.6 Å². The number of benzene rings is 1. The van der Waals surface area contributed by atoms with Crippen LogP contribution in [-0.4, -0.2) is 40.5 Å². The molecule has 8 heteroatoms. The summed E-state index contributed by atoms with van der Waals surface area (Å²) in [4.78, 5) is 36.0. The molecule has 1 aromatic carbocycles. The van der Waals surface area contributed by atoms with E-state index < -0.39 is 5.97 Å². The zero-order valence-corrected chi connectivity index (χ0v) is 15.8. The lowest BCUT2D eigenvalue weighted by Gasteiger charge is -2.10. The molecule has 0 unspecified atom stereocenters. The number of allylic oxidation sites excluding steroid dienone is 1. The Labute approximate surface area is 161 Å². The first kappa shape index (κ1) is 19.1. The first-order valence-electron chi connectivity index (χ1n) is 8.70. The van der Waals surface area contributed by atoms with Crippen molar-refractivity contribution in [3.05, 3.63) is 54.2 Å².